The van der Waals surface area contributed by atoms with Gasteiger partial charge in [0.2, 0.25) is 0 Å². The molecule has 0 saturated carbocycles. The van der Waals surface area contributed by atoms with E-state index in [1.807, 2.05) is 55.4 Å². The van der Waals surface area contributed by atoms with Gasteiger partial charge >= 0.3 is 0 Å². The van der Waals surface area contributed by atoms with E-state index in [-0.39, 0.29) is 15.5 Å². The summed E-state index contributed by atoms with van der Waals surface area (Å²) in [6.07, 6.45) is 0. The summed E-state index contributed by atoms with van der Waals surface area (Å²) in [6, 6.07) is 0.126. The molecule has 3 heteroatoms. The Morgan fingerprint density at radius 3 is 1.29 bits per heavy atom. The molecule has 14 heavy (non-hydrogen) atoms. The highest BCUT2D eigenvalue weighted by Gasteiger charge is 2.37. The van der Waals surface area contributed by atoms with Crippen molar-refractivity contribution in [2.75, 3.05) is 0 Å². The van der Waals surface area contributed by atoms with Gasteiger partial charge in [-0.15, -0.1) is 0 Å². The van der Waals surface area contributed by atoms with Gasteiger partial charge in [0.15, 0.2) is 0 Å². The molecule has 0 fully saturated rings. The van der Waals surface area contributed by atoms with Crippen molar-refractivity contribution < 1.29 is 4.21 Å². The van der Waals surface area contributed by atoms with Crippen LogP contribution >= 0.6 is 0 Å². The molecule has 0 aromatic heterocycles. The minimum absolute atomic E-state index is 0.126. The Balaban J connectivity index is 5.68. The lowest BCUT2D eigenvalue weighted by atomic mass is 10.2. The summed E-state index contributed by atoms with van der Waals surface area (Å²) in [5.41, 5.74) is 0. The van der Waals surface area contributed by atoms with Crippen LogP contribution in [0.4, 0.5) is 0 Å². The Labute approximate surface area is 89.7 Å². The van der Waals surface area contributed by atoms with E-state index < -0.39 is 9.73 Å². The first-order chi connectivity index (χ1) is 5.92. The van der Waals surface area contributed by atoms with Crippen LogP contribution in [0.1, 0.15) is 55.4 Å². The standard InChI is InChI=1S/C11H25NOS/c1-9(2)12-14(13,10(3,4)5)11(6,7)8/h9H,1-8H3. The average molecular weight is 219 g/mol. The monoisotopic (exact) mass is 219 g/mol. The first kappa shape index (κ1) is 13.9. The van der Waals surface area contributed by atoms with Crippen LogP contribution in [0.3, 0.4) is 0 Å². The summed E-state index contributed by atoms with van der Waals surface area (Å²) in [5, 5.41) is 0. The zero-order chi connectivity index (χ0) is 11.8. The molecule has 2 nitrogen and oxygen atoms in total. The highest BCUT2D eigenvalue weighted by atomic mass is 32.2. The van der Waals surface area contributed by atoms with Gasteiger partial charge in [-0.05, 0) is 55.4 Å². The van der Waals surface area contributed by atoms with E-state index in [9.17, 15) is 4.21 Å². The average Bonchev–Trinajstić information content (AvgIpc) is 1.79. The molecule has 86 valence electrons. The van der Waals surface area contributed by atoms with E-state index in [1.54, 1.807) is 0 Å². The highest BCUT2D eigenvalue weighted by molar-refractivity contribution is 7.96. The largest absolute Gasteiger partial charge is 0.249 e. The fourth-order valence-electron chi connectivity index (χ4n) is 1.53. The van der Waals surface area contributed by atoms with E-state index in [1.165, 1.54) is 0 Å². The van der Waals surface area contributed by atoms with Crippen LogP contribution < -0.4 is 0 Å². The smallest absolute Gasteiger partial charge is 0.0569 e. The Kier molecular flexibility index (Phi) is 3.82. The molecular formula is C11H25NOS. The first-order valence-corrected chi connectivity index (χ1v) is 6.69. The van der Waals surface area contributed by atoms with Crippen molar-refractivity contribution in [1.29, 1.82) is 0 Å². The van der Waals surface area contributed by atoms with E-state index in [0.717, 1.165) is 0 Å². The highest BCUT2D eigenvalue weighted by Crippen LogP contribution is 2.31. The van der Waals surface area contributed by atoms with E-state index in [2.05, 4.69) is 4.36 Å². The molecule has 0 unspecified atom stereocenters. The topological polar surface area (TPSA) is 29.4 Å². The minimum Gasteiger partial charge on any atom is -0.249 e. The molecule has 0 saturated heterocycles. The van der Waals surface area contributed by atoms with Crippen LogP contribution in [0.15, 0.2) is 4.36 Å². The fourth-order valence-corrected chi connectivity index (χ4v) is 4.60. The Bertz CT molecular complexity index is 276. The fraction of sp³-hybridized carbons (Fsp3) is 1.00. The van der Waals surface area contributed by atoms with Gasteiger partial charge in [0.25, 0.3) is 0 Å². The zero-order valence-corrected chi connectivity index (χ0v) is 11.7. The molecule has 0 aromatic carbocycles. The summed E-state index contributed by atoms with van der Waals surface area (Å²) in [7, 11) is -2.20. The van der Waals surface area contributed by atoms with Gasteiger partial charge < -0.3 is 0 Å². The Morgan fingerprint density at radius 1 is 0.929 bits per heavy atom. The molecule has 0 radical (unpaired) electrons. The van der Waals surface area contributed by atoms with Gasteiger partial charge in [-0.1, -0.05) is 0 Å². The van der Waals surface area contributed by atoms with Crippen molar-refractivity contribution in [2.24, 2.45) is 4.36 Å². The van der Waals surface area contributed by atoms with Crippen molar-refractivity contribution in [3.8, 4) is 0 Å². The maximum Gasteiger partial charge on any atom is 0.0569 e. The molecule has 0 heterocycles. The van der Waals surface area contributed by atoms with Crippen LogP contribution in [0, 0.1) is 0 Å². The quantitative estimate of drug-likeness (QED) is 0.664. The van der Waals surface area contributed by atoms with Crippen LogP contribution in [0.25, 0.3) is 0 Å². The lowest BCUT2D eigenvalue weighted by Gasteiger charge is -2.35. The second kappa shape index (κ2) is 3.84. The first-order valence-electron chi connectivity index (χ1n) is 5.17. The van der Waals surface area contributed by atoms with Crippen molar-refractivity contribution in [2.45, 2.75) is 70.9 Å². The molecule has 0 atom stereocenters. The van der Waals surface area contributed by atoms with Crippen LogP contribution in [-0.4, -0.2) is 19.7 Å². The summed E-state index contributed by atoms with van der Waals surface area (Å²) in [5.74, 6) is 0. The molecule has 0 rings (SSSR count). The molecule has 0 aliphatic carbocycles. The normalized spacial score (nSPS) is 14.6. The predicted octanol–water partition coefficient (Wildman–Crippen LogP) is 3.46. The Hall–Kier alpha value is -0.0500. The van der Waals surface area contributed by atoms with Gasteiger partial charge in [-0.2, -0.15) is 0 Å². The molecule has 0 aliphatic heterocycles. The molecule has 0 aromatic rings. The minimum atomic E-state index is -2.20. The van der Waals surface area contributed by atoms with E-state index in [0.29, 0.717) is 0 Å². The lowest BCUT2D eigenvalue weighted by molar-refractivity contribution is 0.593. The third-order valence-electron chi connectivity index (χ3n) is 2.02. The third kappa shape index (κ3) is 2.72. The van der Waals surface area contributed by atoms with Crippen LogP contribution in [0.5, 0.6) is 0 Å². The number of hydrogen-bond acceptors (Lipinski definition) is 2. The summed E-state index contributed by atoms with van der Waals surface area (Å²) in [4.78, 5) is 0. The van der Waals surface area contributed by atoms with E-state index in [4.69, 9.17) is 0 Å². The SMILES string of the molecule is CC(C)N=S(=O)(C(C)(C)C)C(C)(C)C. The number of hydrogen-bond donors (Lipinski definition) is 0. The van der Waals surface area contributed by atoms with Crippen molar-refractivity contribution in [3.05, 3.63) is 0 Å². The third-order valence-corrected chi connectivity index (χ3v) is 6.06. The summed E-state index contributed by atoms with van der Waals surface area (Å²) < 4.78 is 16.8. The second-order valence-electron chi connectivity index (χ2n) is 5.95. The van der Waals surface area contributed by atoms with Gasteiger partial charge in [0.1, 0.15) is 0 Å². The van der Waals surface area contributed by atoms with Crippen molar-refractivity contribution >= 4 is 9.73 Å². The second-order valence-corrected chi connectivity index (χ2v) is 9.66. The molecular weight excluding hydrogens is 194 g/mol. The molecule has 0 aliphatic rings. The van der Waals surface area contributed by atoms with Crippen molar-refractivity contribution in [1.82, 2.24) is 0 Å². The molecule has 0 bridgehead atoms. The summed E-state index contributed by atoms with van der Waals surface area (Å²) in [6.45, 7) is 16.0. The number of nitrogens with zero attached hydrogens (tertiary/aromatic N) is 1. The van der Waals surface area contributed by atoms with Gasteiger partial charge in [0, 0.05) is 9.49 Å². The zero-order valence-electron chi connectivity index (χ0n) is 10.8. The van der Waals surface area contributed by atoms with E-state index >= 15 is 0 Å². The van der Waals surface area contributed by atoms with Gasteiger partial charge in [0.05, 0.1) is 15.8 Å². The molecule has 0 amide bonds. The van der Waals surface area contributed by atoms with Gasteiger partial charge in [-0.25, -0.2) is 8.57 Å². The van der Waals surface area contributed by atoms with Crippen LogP contribution in [-0.2, 0) is 9.73 Å². The predicted molar refractivity (Wildman–Crippen MR) is 65.2 cm³/mol. The maximum atomic E-state index is 12.9. The van der Waals surface area contributed by atoms with Crippen LogP contribution in [0.2, 0.25) is 0 Å². The Morgan fingerprint density at radius 2 is 1.21 bits per heavy atom. The molecule has 0 spiro atoms. The molecule has 0 N–H and O–H groups in total. The van der Waals surface area contributed by atoms with Gasteiger partial charge in [-0.3, -0.25) is 0 Å². The lowest BCUT2D eigenvalue weighted by Crippen LogP contribution is -2.42. The van der Waals surface area contributed by atoms with Crippen molar-refractivity contribution in [3.63, 3.8) is 0 Å². The summed E-state index contributed by atoms with van der Waals surface area (Å²) >= 11 is 0. The number of rotatable bonds is 1. The maximum absolute atomic E-state index is 12.9.